The second-order valence-electron chi connectivity index (χ2n) is 13.0. The molecule has 4 aromatic rings. The van der Waals surface area contributed by atoms with Crippen molar-refractivity contribution in [1.82, 2.24) is 0 Å². The molecule has 0 fully saturated rings. The predicted molar refractivity (Wildman–Crippen MR) is 189 cm³/mol. The highest BCUT2D eigenvalue weighted by Crippen LogP contribution is 2.50. The Bertz CT molecular complexity index is 1860. The first-order chi connectivity index (χ1) is 21.3. The summed E-state index contributed by atoms with van der Waals surface area (Å²) in [4.78, 5) is 2.43. The second kappa shape index (κ2) is 12.1. The molecule has 0 atom stereocenters. The van der Waals surface area contributed by atoms with E-state index in [1.807, 2.05) is 0 Å². The van der Waals surface area contributed by atoms with Crippen molar-refractivity contribution in [2.45, 2.75) is 51.9 Å². The van der Waals surface area contributed by atoms with E-state index < -0.39 is 0 Å². The summed E-state index contributed by atoms with van der Waals surface area (Å²) in [7, 11) is 1.78. The van der Waals surface area contributed by atoms with Gasteiger partial charge in [0.1, 0.15) is 6.54 Å². The zero-order valence-corrected chi connectivity index (χ0v) is 27.1. The van der Waals surface area contributed by atoms with Crippen LogP contribution in [0.5, 0.6) is 0 Å². The average molecular weight is 582 g/mol. The zero-order chi connectivity index (χ0) is 30.9. The molecule has 0 aliphatic carbocycles. The molecule has 0 aromatic heterocycles. The van der Waals surface area contributed by atoms with Crippen molar-refractivity contribution < 1.29 is 9.31 Å². The molecule has 3 nitrogen and oxygen atoms in total. The Morgan fingerprint density at radius 1 is 0.727 bits per heavy atom. The van der Waals surface area contributed by atoms with Crippen molar-refractivity contribution in [1.29, 1.82) is 0 Å². The first-order valence-electron chi connectivity index (χ1n) is 16.0. The molecule has 2 aliphatic heterocycles. The summed E-state index contributed by atoms with van der Waals surface area (Å²) in [5, 5.41) is 5.28. The molecule has 0 bridgehead atoms. The maximum absolute atomic E-state index is 5.50. The molecular formula is C41H45N2O+. The van der Waals surface area contributed by atoms with Crippen LogP contribution in [0.25, 0.3) is 21.5 Å². The van der Waals surface area contributed by atoms with Gasteiger partial charge in [0.2, 0.25) is 5.69 Å². The summed E-state index contributed by atoms with van der Waals surface area (Å²) in [6.07, 6.45) is 16.5. The number of nitrogens with zero attached hydrogens (tertiary/aromatic N) is 2. The van der Waals surface area contributed by atoms with E-state index in [-0.39, 0.29) is 10.8 Å². The maximum atomic E-state index is 5.50. The maximum Gasteiger partial charge on any atom is 0.210 e. The van der Waals surface area contributed by atoms with E-state index in [0.717, 1.165) is 19.5 Å². The fourth-order valence-electron chi connectivity index (χ4n) is 7.44. The molecule has 224 valence electrons. The monoisotopic (exact) mass is 581 g/mol. The molecule has 0 saturated carbocycles. The van der Waals surface area contributed by atoms with Crippen molar-refractivity contribution in [2.75, 3.05) is 31.7 Å². The van der Waals surface area contributed by atoms with Gasteiger partial charge in [-0.2, -0.15) is 4.58 Å². The summed E-state index contributed by atoms with van der Waals surface area (Å²) >= 11 is 0. The molecule has 0 radical (unpaired) electrons. The minimum Gasteiger partial charge on any atom is -0.383 e. The minimum atomic E-state index is -0.121. The van der Waals surface area contributed by atoms with Gasteiger partial charge >= 0.3 is 0 Å². The molecule has 4 aromatic carbocycles. The number of fused-ring (bicyclic) bond motifs is 6. The Balaban J connectivity index is 1.26. The lowest BCUT2D eigenvalue weighted by Crippen LogP contribution is -2.28. The van der Waals surface area contributed by atoms with Gasteiger partial charge < -0.3 is 9.64 Å². The topological polar surface area (TPSA) is 15.5 Å². The smallest absolute Gasteiger partial charge is 0.210 e. The van der Waals surface area contributed by atoms with Crippen LogP contribution in [0.4, 0.5) is 11.4 Å². The number of anilines is 1. The van der Waals surface area contributed by atoms with Crippen molar-refractivity contribution in [3.8, 4) is 0 Å². The number of methoxy groups -OCH3 is 1. The lowest BCUT2D eigenvalue weighted by atomic mass is 9.79. The first-order valence-corrected chi connectivity index (χ1v) is 16.0. The Kier molecular flexibility index (Phi) is 8.18. The van der Waals surface area contributed by atoms with Crippen LogP contribution < -0.4 is 4.90 Å². The van der Waals surface area contributed by atoms with Crippen molar-refractivity contribution >= 4 is 38.6 Å². The van der Waals surface area contributed by atoms with Gasteiger partial charge in [0, 0.05) is 54.6 Å². The summed E-state index contributed by atoms with van der Waals surface area (Å²) < 4.78 is 8.02. The van der Waals surface area contributed by atoms with E-state index in [1.54, 1.807) is 7.11 Å². The van der Waals surface area contributed by atoms with Crippen LogP contribution in [0.15, 0.2) is 121 Å². The van der Waals surface area contributed by atoms with Crippen molar-refractivity contribution in [3.05, 3.63) is 132 Å². The molecule has 3 heteroatoms. The standard InChI is InChI=1S/C41H45N2O/c1-7-27-42-34-25-23-30-17-13-15-19-32(30)38(34)40(2,3)36(42)21-11-9-8-10-12-22-37-41(4,5)39-33-20-16-14-18-31(33)24-26-35(39)43(37)28-29-44-6/h8-26H,7,27-29H2,1-6H3/q+1. The highest BCUT2D eigenvalue weighted by atomic mass is 16.5. The minimum absolute atomic E-state index is 0.0745. The molecule has 44 heavy (non-hydrogen) atoms. The number of rotatable bonds is 9. The lowest BCUT2D eigenvalue weighted by molar-refractivity contribution is -0.437. The van der Waals surface area contributed by atoms with Gasteiger partial charge in [-0.15, -0.1) is 0 Å². The number of benzene rings is 4. The van der Waals surface area contributed by atoms with Crippen molar-refractivity contribution in [2.24, 2.45) is 0 Å². The number of hydrogen-bond donors (Lipinski definition) is 0. The second-order valence-corrected chi connectivity index (χ2v) is 13.0. The summed E-state index contributed by atoms with van der Waals surface area (Å²) in [5.74, 6) is 0. The molecule has 6 rings (SSSR count). The van der Waals surface area contributed by atoms with E-state index in [0.29, 0.717) is 6.61 Å². The van der Waals surface area contributed by atoms with E-state index >= 15 is 0 Å². The highest BCUT2D eigenvalue weighted by molar-refractivity contribution is 6.07. The van der Waals surface area contributed by atoms with E-state index in [9.17, 15) is 0 Å². The van der Waals surface area contributed by atoms with Gasteiger partial charge in [-0.3, -0.25) is 0 Å². The molecule has 2 aliphatic rings. The van der Waals surface area contributed by atoms with E-state index in [1.165, 1.54) is 55.5 Å². The SMILES string of the molecule is CCC[N+]1=C(C=CC=CC=CC=C2N(CCOC)c3ccc4ccccc4c3C2(C)C)C(C)(C)c2c1ccc1ccccc21. The molecular weight excluding hydrogens is 536 g/mol. The molecule has 0 amide bonds. The average Bonchev–Trinajstić information content (AvgIpc) is 3.38. The Morgan fingerprint density at radius 2 is 1.36 bits per heavy atom. The third-order valence-corrected chi connectivity index (χ3v) is 9.43. The Morgan fingerprint density at radius 3 is 2.07 bits per heavy atom. The fourth-order valence-corrected chi connectivity index (χ4v) is 7.44. The van der Waals surface area contributed by atoms with Crippen LogP contribution in [0.2, 0.25) is 0 Å². The Labute approximate surface area is 263 Å². The van der Waals surface area contributed by atoms with E-state index in [4.69, 9.17) is 4.74 Å². The van der Waals surface area contributed by atoms with E-state index in [2.05, 4.69) is 159 Å². The molecule has 0 unspecified atom stereocenters. The normalized spacial score (nSPS) is 18.2. The lowest BCUT2D eigenvalue weighted by Gasteiger charge is -2.26. The first kappa shape index (κ1) is 29.8. The van der Waals surface area contributed by atoms with Gasteiger partial charge in [0.25, 0.3) is 0 Å². The fraction of sp³-hybridized carbons (Fsp3) is 0.293. The summed E-state index contributed by atoms with van der Waals surface area (Å²) in [6, 6.07) is 26.6. The number of hydrogen-bond acceptors (Lipinski definition) is 2. The molecule has 0 N–H and O–H groups in total. The number of allylic oxidation sites excluding steroid dienone is 8. The van der Waals surface area contributed by atoms with Crippen LogP contribution >= 0.6 is 0 Å². The largest absolute Gasteiger partial charge is 0.383 e. The van der Waals surface area contributed by atoms with Crippen LogP contribution in [-0.4, -0.2) is 37.1 Å². The molecule has 2 heterocycles. The van der Waals surface area contributed by atoms with Gasteiger partial charge in [-0.1, -0.05) is 106 Å². The van der Waals surface area contributed by atoms with Crippen molar-refractivity contribution in [3.63, 3.8) is 0 Å². The third kappa shape index (κ3) is 5.04. The van der Waals surface area contributed by atoms with Crippen LogP contribution in [0, 0.1) is 0 Å². The Hall–Kier alpha value is -4.21. The van der Waals surface area contributed by atoms with Crippen LogP contribution in [-0.2, 0) is 15.6 Å². The van der Waals surface area contributed by atoms with Gasteiger partial charge in [0.15, 0.2) is 5.71 Å². The van der Waals surface area contributed by atoms with Crippen LogP contribution in [0.3, 0.4) is 0 Å². The molecule has 0 saturated heterocycles. The zero-order valence-electron chi connectivity index (χ0n) is 27.1. The third-order valence-electron chi connectivity index (χ3n) is 9.43. The van der Waals surface area contributed by atoms with Gasteiger partial charge in [-0.25, -0.2) is 0 Å². The predicted octanol–water partition coefficient (Wildman–Crippen LogP) is 9.78. The van der Waals surface area contributed by atoms with Crippen LogP contribution in [0.1, 0.15) is 52.2 Å². The molecule has 0 spiro atoms. The quantitative estimate of drug-likeness (QED) is 0.144. The van der Waals surface area contributed by atoms with Gasteiger partial charge in [0.05, 0.1) is 12.0 Å². The summed E-state index contributed by atoms with van der Waals surface area (Å²) in [6.45, 7) is 14.2. The highest BCUT2D eigenvalue weighted by Gasteiger charge is 2.45. The summed E-state index contributed by atoms with van der Waals surface area (Å²) in [5.41, 5.74) is 7.91. The number of ether oxygens (including phenoxy) is 1. The van der Waals surface area contributed by atoms with Gasteiger partial charge in [-0.05, 0) is 59.2 Å².